The highest BCUT2D eigenvalue weighted by Crippen LogP contribution is 2.27. The fraction of sp³-hybridized carbons (Fsp3) is 0.583. The SMILES string of the molecule is CCCCOC(=O)N1CCN(C(=O)[C@H](CCC(=O)O)NC(=O)c2cc(OCC(=O)N3CCC[C@H]3C(=O)N(C)C3CCC3)n(-c3ccccc3)n2)CC1. The number of amides is 5. The first-order valence-corrected chi connectivity index (χ1v) is 18.1. The highest BCUT2D eigenvalue weighted by molar-refractivity contribution is 5.96. The minimum atomic E-state index is -1.18. The van der Waals surface area contributed by atoms with E-state index in [2.05, 4.69) is 10.4 Å². The largest absolute Gasteiger partial charge is 0.481 e. The predicted molar refractivity (Wildman–Crippen MR) is 187 cm³/mol. The monoisotopic (exact) mass is 723 g/mol. The van der Waals surface area contributed by atoms with Gasteiger partial charge in [-0.25, -0.2) is 9.48 Å². The van der Waals surface area contributed by atoms with E-state index in [-0.39, 0.29) is 68.5 Å². The van der Waals surface area contributed by atoms with Gasteiger partial charge >= 0.3 is 12.1 Å². The van der Waals surface area contributed by atoms with Crippen molar-refractivity contribution in [2.45, 2.75) is 82.8 Å². The number of carboxylic acid groups (broad SMARTS) is 1. The Bertz CT molecular complexity index is 1590. The van der Waals surface area contributed by atoms with E-state index < -0.39 is 42.6 Å². The summed E-state index contributed by atoms with van der Waals surface area (Å²) in [6, 6.07) is 8.68. The molecule has 1 saturated carbocycles. The van der Waals surface area contributed by atoms with Crippen molar-refractivity contribution in [3.63, 3.8) is 0 Å². The normalized spacial score (nSPS) is 18.0. The first-order chi connectivity index (χ1) is 25.1. The highest BCUT2D eigenvalue weighted by Gasteiger charge is 2.39. The molecule has 1 aliphatic carbocycles. The molecule has 3 heterocycles. The van der Waals surface area contributed by atoms with Gasteiger partial charge in [-0.1, -0.05) is 31.5 Å². The molecule has 5 rings (SSSR count). The number of carbonyl (C=O) groups excluding carboxylic acids is 5. The summed E-state index contributed by atoms with van der Waals surface area (Å²) < 4.78 is 12.6. The number of ether oxygens (including phenoxy) is 2. The fourth-order valence-corrected chi connectivity index (χ4v) is 6.54. The van der Waals surface area contributed by atoms with Gasteiger partial charge in [0.05, 0.1) is 12.3 Å². The molecule has 1 aromatic carbocycles. The smallest absolute Gasteiger partial charge is 0.409 e. The lowest BCUT2D eigenvalue weighted by Crippen LogP contribution is -2.56. The molecule has 3 fully saturated rings. The summed E-state index contributed by atoms with van der Waals surface area (Å²) in [7, 11) is 1.79. The van der Waals surface area contributed by atoms with Crippen LogP contribution in [-0.2, 0) is 23.9 Å². The number of para-hydroxylation sites is 1. The molecule has 52 heavy (non-hydrogen) atoms. The van der Waals surface area contributed by atoms with Crippen molar-refractivity contribution in [1.82, 2.24) is 34.7 Å². The van der Waals surface area contributed by atoms with Crippen molar-refractivity contribution in [3.05, 3.63) is 42.1 Å². The van der Waals surface area contributed by atoms with Gasteiger partial charge in [0.2, 0.25) is 17.7 Å². The van der Waals surface area contributed by atoms with Gasteiger partial charge in [-0.15, -0.1) is 0 Å². The van der Waals surface area contributed by atoms with Crippen molar-refractivity contribution in [1.29, 1.82) is 0 Å². The second kappa shape index (κ2) is 17.9. The molecular weight excluding hydrogens is 674 g/mol. The Morgan fingerprint density at radius 2 is 1.69 bits per heavy atom. The average molecular weight is 724 g/mol. The van der Waals surface area contributed by atoms with Gasteiger partial charge < -0.3 is 39.5 Å². The minimum Gasteiger partial charge on any atom is -0.481 e. The van der Waals surface area contributed by atoms with Crippen LogP contribution in [0, 0.1) is 0 Å². The Morgan fingerprint density at radius 1 is 0.981 bits per heavy atom. The molecule has 2 N–H and O–H groups in total. The molecule has 282 valence electrons. The molecule has 2 saturated heterocycles. The van der Waals surface area contributed by atoms with Crippen LogP contribution in [0.15, 0.2) is 36.4 Å². The molecule has 0 radical (unpaired) electrons. The first-order valence-electron chi connectivity index (χ1n) is 18.1. The second-order valence-electron chi connectivity index (χ2n) is 13.4. The summed E-state index contributed by atoms with van der Waals surface area (Å²) >= 11 is 0. The molecular formula is C36H49N7O9. The van der Waals surface area contributed by atoms with Crippen LogP contribution >= 0.6 is 0 Å². The van der Waals surface area contributed by atoms with Gasteiger partial charge in [-0.3, -0.25) is 24.0 Å². The van der Waals surface area contributed by atoms with E-state index in [1.54, 1.807) is 41.1 Å². The van der Waals surface area contributed by atoms with Gasteiger partial charge in [0, 0.05) is 58.3 Å². The van der Waals surface area contributed by atoms with Crippen molar-refractivity contribution in [3.8, 4) is 11.6 Å². The first kappa shape index (κ1) is 38.1. The number of nitrogens with zero attached hydrogens (tertiary/aromatic N) is 6. The van der Waals surface area contributed by atoms with Gasteiger partial charge in [-0.2, -0.15) is 5.10 Å². The number of likely N-dealkylation sites (tertiary alicyclic amines) is 1. The Hall–Kier alpha value is -5.15. The number of hydrogen-bond acceptors (Lipinski definition) is 9. The van der Waals surface area contributed by atoms with Crippen LogP contribution in [0.5, 0.6) is 5.88 Å². The maximum atomic E-state index is 13.6. The number of aliphatic carboxylic acids is 1. The van der Waals surface area contributed by atoms with Crippen molar-refractivity contribution < 1.29 is 43.3 Å². The zero-order valence-corrected chi connectivity index (χ0v) is 29.9. The molecule has 2 aromatic rings. The summed E-state index contributed by atoms with van der Waals surface area (Å²) in [6.45, 7) is 3.21. The number of nitrogens with one attached hydrogen (secondary N) is 1. The second-order valence-corrected chi connectivity index (χ2v) is 13.4. The number of carboxylic acids is 1. The summed E-state index contributed by atoms with van der Waals surface area (Å²) in [5.74, 6) is -2.68. The van der Waals surface area contributed by atoms with Crippen LogP contribution in [0.4, 0.5) is 4.79 Å². The topological polar surface area (TPSA) is 184 Å². The van der Waals surface area contributed by atoms with Gasteiger partial charge in [0.15, 0.2) is 12.3 Å². The van der Waals surface area contributed by atoms with Gasteiger partial charge in [0.25, 0.3) is 11.8 Å². The zero-order chi connectivity index (χ0) is 37.2. The van der Waals surface area contributed by atoms with E-state index in [0.717, 1.165) is 32.1 Å². The zero-order valence-electron chi connectivity index (χ0n) is 29.9. The Morgan fingerprint density at radius 3 is 2.35 bits per heavy atom. The van der Waals surface area contributed by atoms with Gasteiger partial charge in [-0.05, 0) is 57.1 Å². The maximum absolute atomic E-state index is 13.6. The van der Waals surface area contributed by atoms with E-state index in [0.29, 0.717) is 31.7 Å². The van der Waals surface area contributed by atoms with Crippen molar-refractivity contribution >= 4 is 35.7 Å². The van der Waals surface area contributed by atoms with Crippen LogP contribution in [-0.4, -0.2) is 141 Å². The van der Waals surface area contributed by atoms with Gasteiger partial charge in [0.1, 0.15) is 12.1 Å². The summed E-state index contributed by atoms with van der Waals surface area (Å²) in [4.78, 5) is 84.0. The van der Waals surface area contributed by atoms with E-state index in [4.69, 9.17) is 9.47 Å². The van der Waals surface area contributed by atoms with Crippen LogP contribution in [0.1, 0.15) is 75.2 Å². The Balaban J connectivity index is 1.26. The molecule has 3 aliphatic rings. The van der Waals surface area contributed by atoms with E-state index in [1.165, 1.54) is 20.5 Å². The number of benzene rings is 1. The van der Waals surface area contributed by atoms with Crippen LogP contribution in [0.2, 0.25) is 0 Å². The van der Waals surface area contributed by atoms with E-state index in [9.17, 15) is 33.9 Å². The Labute approximate surface area is 303 Å². The molecule has 0 spiro atoms. The van der Waals surface area contributed by atoms with Crippen LogP contribution in [0.25, 0.3) is 5.69 Å². The Kier molecular flexibility index (Phi) is 13.1. The number of likely N-dealkylation sites (N-methyl/N-ethyl adjacent to an activating group) is 1. The number of unbranched alkanes of at least 4 members (excludes halogenated alkanes) is 1. The van der Waals surface area contributed by atoms with Crippen molar-refractivity contribution in [2.75, 3.05) is 53.0 Å². The maximum Gasteiger partial charge on any atom is 0.409 e. The summed E-state index contributed by atoms with van der Waals surface area (Å²) in [6.07, 6.45) is 4.97. The van der Waals surface area contributed by atoms with E-state index >= 15 is 0 Å². The average Bonchev–Trinajstić information content (AvgIpc) is 3.80. The standard InChI is InChI=1S/C36H49N7O9/c1-3-4-22-51-36(50)41-20-18-40(19-21-41)34(48)27(15-16-32(45)46)37-33(47)28-23-31(43(38-28)26-10-6-5-7-11-26)52-24-30(44)42-17-9-14-29(42)35(49)39(2)25-12-8-13-25/h5-7,10-11,23,25,27,29H,3-4,8-9,12-22,24H2,1-2H3,(H,37,47)(H,45,46)/t27-,29-/m0/s1. The number of hydrogen-bond donors (Lipinski definition) is 2. The third-order valence-electron chi connectivity index (χ3n) is 9.91. The quantitative estimate of drug-likeness (QED) is 0.259. The molecule has 2 atom stereocenters. The highest BCUT2D eigenvalue weighted by atomic mass is 16.6. The number of piperazine rings is 1. The summed E-state index contributed by atoms with van der Waals surface area (Å²) in [5, 5.41) is 16.5. The van der Waals surface area contributed by atoms with Crippen LogP contribution < -0.4 is 10.1 Å². The third-order valence-corrected chi connectivity index (χ3v) is 9.91. The molecule has 1 aromatic heterocycles. The molecule has 0 bridgehead atoms. The number of carbonyl (C=O) groups is 6. The number of aromatic nitrogens is 2. The molecule has 16 nitrogen and oxygen atoms in total. The lowest BCUT2D eigenvalue weighted by molar-refractivity contribution is -0.146. The van der Waals surface area contributed by atoms with Crippen LogP contribution in [0.3, 0.4) is 0 Å². The lowest BCUT2D eigenvalue weighted by atomic mass is 9.91. The molecule has 5 amide bonds. The molecule has 16 heteroatoms. The fourth-order valence-electron chi connectivity index (χ4n) is 6.54. The molecule has 0 unspecified atom stereocenters. The predicted octanol–water partition coefficient (Wildman–Crippen LogP) is 2.30. The lowest BCUT2D eigenvalue weighted by Gasteiger charge is -2.37. The third kappa shape index (κ3) is 9.39. The van der Waals surface area contributed by atoms with E-state index in [1.807, 2.05) is 13.0 Å². The van der Waals surface area contributed by atoms with Crippen molar-refractivity contribution in [2.24, 2.45) is 0 Å². The number of rotatable bonds is 15. The summed E-state index contributed by atoms with van der Waals surface area (Å²) in [5.41, 5.74) is 0.431. The minimum absolute atomic E-state index is 0.0670. The molecule has 2 aliphatic heterocycles.